The van der Waals surface area contributed by atoms with Crippen LogP contribution in [-0.4, -0.2) is 84.2 Å². The number of hydrogen-bond acceptors (Lipinski definition) is 8. The summed E-state index contributed by atoms with van der Waals surface area (Å²) in [4.78, 5) is 27.8. The van der Waals surface area contributed by atoms with Gasteiger partial charge in [0.05, 0.1) is 37.0 Å². The Kier molecular flexibility index (Phi) is 12.0. The van der Waals surface area contributed by atoms with Gasteiger partial charge < -0.3 is 39.7 Å². The van der Waals surface area contributed by atoms with E-state index in [1.165, 1.54) is 7.11 Å². The van der Waals surface area contributed by atoms with Crippen molar-refractivity contribution in [3.8, 4) is 17.2 Å². The molecule has 2 aromatic rings. The molecule has 3 rings (SSSR count). The molecule has 218 valence electrons. The van der Waals surface area contributed by atoms with E-state index in [0.717, 1.165) is 5.56 Å². The molecule has 0 aromatic heterocycles. The number of carbonyl (C=O) groups is 2. The average molecular weight is 669 g/mol. The highest BCUT2D eigenvalue weighted by Crippen LogP contribution is 2.37. The quantitative estimate of drug-likeness (QED) is 0.239. The van der Waals surface area contributed by atoms with Crippen molar-refractivity contribution in [3.05, 3.63) is 62.7 Å². The number of nitrogens with one attached hydrogen (secondary N) is 1. The van der Waals surface area contributed by atoms with Gasteiger partial charge in [-0.3, -0.25) is 9.59 Å². The molecule has 0 unspecified atom stereocenters. The SMILES string of the molecule is CCC(=O)N(CCc1cccc(OC)c1)[C@@H]1CC(C(=O)NCCO)=C[C@H](Oc2c(I)cc(CO)cc2OC)[C@H]1O. The van der Waals surface area contributed by atoms with Crippen LogP contribution in [0.5, 0.6) is 17.2 Å². The van der Waals surface area contributed by atoms with Crippen LogP contribution in [0.3, 0.4) is 0 Å². The van der Waals surface area contributed by atoms with Crippen molar-refractivity contribution in [2.45, 2.75) is 51.0 Å². The molecule has 0 fully saturated rings. The van der Waals surface area contributed by atoms with Gasteiger partial charge in [-0.1, -0.05) is 19.1 Å². The zero-order valence-electron chi connectivity index (χ0n) is 22.9. The second-order valence-corrected chi connectivity index (χ2v) is 10.5. The van der Waals surface area contributed by atoms with Crippen LogP contribution in [0.1, 0.15) is 30.9 Å². The molecule has 0 heterocycles. The van der Waals surface area contributed by atoms with Gasteiger partial charge in [0.2, 0.25) is 11.8 Å². The highest BCUT2D eigenvalue weighted by Gasteiger charge is 2.40. The van der Waals surface area contributed by atoms with Gasteiger partial charge in [-0.2, -0.15) is 0 Å². The van der Waals surface area contributed by atoms with Crippen molar-refractivity contribution in [2.24, 2.45) is 0 Å². The van der Waals surface area contributed by atoms with Crippen LogP contribution in [-0.2, 0) is 22.6 Å². The van der Waals surface area contributed by atoms with Crippen molar-refractivity contribution in [2.75, 3.05) is 33.9 Å². The summed E-state index contributed by atoms with van der Waals surface area (Å²) >= 11 is 2.06. The summed E-state index contributed by atoms with van der Waals surface area (Å²) < 4.78 is 17.7. The molecule has 0 saturated heterocycles. The van der Waals surface area contributed by atoms with Crippen LogP contribution >= 0.6 is 22.6 Å². The maximum atomic E-state index is 13.2. The van der Waals surface area contributed by atoms with Crippen molar-refractivity contribution in [1.82, 2.24) is 10.2 Å². The van der Waals surface area contributed by atoms with E-state index in [9.17, 15) is 24.9 Å². The van der Waals surface area contributed by atoms with Crippen LogP contribution in [0.4, 0.5) is 0 Å². The zero-order valence-corrected chi connectivity index (χ0v) is 25.1. The molecule has 0 saturated carbocycles. The minimum Gasteiger partial charge on any atom is -0.497 e. The van der Waals surface area contributed by atoms with Crippen LogP contribution in [0.15, 0.2) is 48.0 Å². The van der Waals surface area contributed by atoms with Crippen molar-refractivity contribution in [3.63, 3.8) is 0 Å². The normalized spacial score (nSPS) is 18.5. The van der Waals surface area contributed by atoms with Gasteiger partial charge in [0.25, 0.3) is 0 Å². The first-order valence-electron chi connectivity index (χ1n) is 13.1. The Morgan fingerprint density at radius 3 is 2.55 bits per heavy atom. The lowest BCUT2D eigenvalue weighted by Gasteiger charge is -2.40. The second kappa shape index (κ2) is 15.2. The Bertz CT molecular complexity index is 1200. The van der Waals surface area contributed by atoms with E-state index < -0.39 is 24.2 Å². The summed E-state index contributed by atoms with van der Waals surface area (Å²) in [5.41, 5.74) is 1.93. The molecule has 40 heavy (non-hydrogen) atoms. The Hall–Kier alpha value is -2.87. The van der Waals surface area contributed by atoms with Gasteiger partial charge in [-0.15, -0.1) is 0 Å². The summed E-state index contributed by atoms with van der Waals surface area (Å²) in [6.07, 6.45) is 0.256. The highest BCUT2D eigenvalue weighted by molar-refractivity contribution is 14.1. The number of nitrogens with zero attached hydrogens (tertiary/aromatic N) is 1. The van der Waals surface area contributed by atoms with Crippen LogP contribution in [0.2, 0.25) is 0 Å². The molecule has 0 spiro atoms. The Morgan fingerprint density at radius 1 is 1.12 bits per heavy atom. The summed E-state index contributed by atoms with van der Waals surface area (Å²) in [5.74, 6) is 0.847. The topological polar surface area (TPSA) is 138 Å². The van der Waals surface area contributed by atoms with E-state index in [1.807, 2.05) is 24.3 Å². The summed E-state index contributed by atoms with van der Waals surface area (Å²) in [6, 6.07) is 10.2. The zero-order chi connectivity index (χ0) is 29.2. The smallest absolute Gasteiger partial charge is 0.247 e. The van der Waals surface area contributed by atoms with Crippen LogP contribution in [0, 0.1) is 3.57 Å². The number of methoxy groups -OCH3 is 2. The van der Waals surface area contributed by atoms with Crippen molar-refractivity contribution in [1.29, 1.82) is 0 Å². The molecule has 0 radical (unpaired) electrons. The average Bonchev–Trinajstić information content (AvgIpc) is 2.97. The third-order valence-corrected chi connectivity index (χ3v) is 7.54. The van der Waals surface area contributed by atoms with Gasteiger partial charge in [0.15, 0.2) is 11.5 Å². The first-order valence-corrected chi connectivity index (χ1v) is 14.2. The largest absolute Gasteiger partial charge is 0.497 e. The number of carbonyl (C=O) groups excluding carboxylic acids is 2. The first kappa shape index (κ1) is 31.7. The van der Waals surface area contributed by atoms with E-state index in [-0.39, 0.29) is 38.5 Å². The number of amides is 2. The number of aliphatic hydroxyl groups excluding tert-OH is 3. The number of benzene rings is 2. The van der Waals surface area contributed by atoms with E-state index >= 15 is 0 Å². The number of rotatable bonds is 13. The molecule has 1 aliphatic carbocycles. The number of halogens is 1. The fraction of sp³-hybridized carbons (Fsp3) is 0.448. The van der Waals surface area contributed by atoms with E-state index in [0.29, 0.717) is 44.9 Å². The molecule has 2 aromatic carbocycles. The third-order valence-electron chi connectivity index (χ3n) is 6.74. The van der Waals surface area contributed by atoms with E-state index in [4.69, 9.17) is 14.2 Å². The monoisotopic (exact) mass is 668 g/mol. The minimum atomic E-state index is -1.16. The van der Waals surface area contributed by atoms with Crippen LogP contribution < -0.4 is 19.5 Å². The molecule has 1 aliphatic rings. The molecule has 0 aliphatic heterocycles. The predicted molar refractivity (Wildman–Crippen MR) is 157 cm³/mol. The van der Waals surface area contributed by atoms with E-state index in [1.54, 1.807) is 37.1 Å². The van der Waals surface area contributed by atoms with Gasteiger partial charge >= 0.3 is 0 Å². The standard InChI is InChI=1S/C29H37IN2O8/c1-4-26(35)32(10-8-18-6-5-7-21(12-18)38-2)23-15-20(29(37)31-9-11-33)16-24(27(23)36)40-28-22(30)13-19(17-34)14-25(28)39-3/h5-7,12-14,16,23-24,27,33-34,36H,4,8-11,15,17H2,1-3H3,(H,31,37)/t23-,24+,27+/m1/s1. The lowest BCUT2D eigenvalue weighted by Crippen LogP contribution is -2.55. The number of hydrogen-bond donors (Lipinski definition) is 4. The minimum absolute atomic E-state index is 0.0662. The van der Waals surface area contributed by atoms with Crippen LogP contribution in [0.25, 0.3) is 0 Å². The lowest BCUT2D eigenvalue weighted by molar-refractivity contribution is -0.138. The van der Waals surface area contributed by atoms with E-state index in [2.05, 4.69) is 27.9 Å². The summed E-state index contributed by atoms with van der Waals surface area (Å²) in [7, 11) is 3.07. The molecular formula is C29H37IN2O8. The number of aliphatic hydroxyl groups is 3. The summed E-state index contributed by atoms with van der Waals surface area (Å²) in [5, 5.41) is 33.0. The van der Waals surface area contributed by atoms with Gasteiger partial charge in [0.1, 0.15) is 18.0 Å². The molecule has 3 atom stereocenters. The fourth-order valence-corrected chi connectivity index (χ4v) is 5.44. The maximum Gasteiger partial charge on any atom is 0.247 e. The summed E-state index contributed by atoms with van der Waals surface area (Å²) in [6.45, 7) is 1.73. The molecular weight excluding hydrogens is 631 g/mol. The first-order chi connectivity index (χ1) is 19.3. The highest BCUT2D eigenvalue weighted by atomic mass is 127. The molecule has 4 N–H and O–H groups in total. The number of ether oxygens (including phenoxy) is 3. The van der Waals surface area contributed by atoms with Gasteiger partial charge in [-0.05, 0) is 70.5 Å². The molecule has 10 nitrogen and oxygen atoms in total. The van der Waals surface area contributed by atoms with Crippen molar-refractivity contribution >= 4 is 34.4 Å². The fourth-order valence-electron chi connectivity index (χ4n) is 4.65. The maximum absolute atomic E-state index is 13.2. The molecule has 0 bridgehead atoms. The Labute approximate surface area is 248 Å². The Morgan fingerprint density at radius 2 is 1.90 bits per heavy atom. The molecule has 2 amide bonds. The van der Waals surface area contributed by atoms with Gasteiger partial charge in [0, 0.05) is 31.5 Å². The molecule has 11 heteroatoms. The predicted octanol–water partition coefficient (Wildman–Crippen LogP) is 2.20. The second-order valence-electron chi connectivity index (χ2n) is 9.33. The third kappa shape index (κ3) is 7.87. The Balaban J connectivity index is 1.96. The van der Waals surface area contributed by atoms with Crippen molar-refractivity contribution < 1.29 is 39.1 Å². The lowest BCUT2D eigenvalue weighted by atomic mass is 9.87. The van der Waals surface area contributed by atoms with Gasteiger partial charge in [-0.25, -0.2) is 0 Å².